The van der Waals surface area contributed by atoms with E-state index in [1.54, 1.807) is 42.0 Å². The number of hydrogen-bond acceptors (Lipinski definition) is 3. The van der Waals surface area contributed by atoms with Gasteiger partial charge in [0.15, 0.2) is 5.69 Å². The molecule has 0 unspecified atom stereocenters. The number of carboxylic acids is 1. The zero-order chi connectivity index (χ0) is 15.9. The zero-order valence-electron chi connectivity index (χ0n) is 12.0. The molecule has 3 rings (SSSR count). The number of fused-ring (bicyclic) bond motifs is 1. The number of aromatic carboxylic acids is 1. The first-order valence-electron chi connectivity index (χ1n) is 6.57. The van der Waals surface area contributed by atoms with Crippen LogP contribution in [0.1, 0.15) is 16.1 Å². The second kappa shape index (κ2) is 5.46. The van der Waals surface area contributed by atoms with E-state index < -0.39 is 5.97 Å². The minimum atomic E-state index is -1.02. The van der Waals surface area contributed by atoms with Gasteiger partial charge in [-0.3, -0.25) is 4.40 Å². The first-order chi connectivity index (χ1) is 10.5. The molecule has 2 aromatic heterocycles. The van der Waals surface area contributed by atoms with Crippen molar-refractivity contribution in [1.82, 2.24) is 9.38 Å². The van der Waals surface area contributed by atoms with Gasteiger partial charge in [0.25, 0.3) is 0 Å². The van der Waals surface area contributed by atoms with Crippen molar-refractivity contribution in [3.8, 4) is 17.0 Å². The predicted octanol–water partition coefficient (Wildman–Crippen LogP) is 3.78. The van der Waals surface area contributed by atoms with Gasteiger partial charge in [-0.15, -0.1) is 0 Å². The molecule has 22 heavy (non-hydrogen) atoms. The SMILES string of the molecule is COc1ccc(-c2nc3cc(C)c(Br)cn3c2C(=O)O)cc1. The minimum absolute atomic E-state index is 0.140. The molecule has 0 fully saturated rings. The zero-order valence-corrected chi connectivity index (χ0v) is 13.6. The summed E-state index contributed by atoms with van der Waals surface area (Å²) >= 11 is 3.43. The Morgan fingerprint density at radius 2 is 2.00 bits per heavy atom. The Kier molecular flexibility index (Phi) is 3.62. The van der Waals surface area contributed by atoms with E-state index in [9.17, 15) is 9.90 Å². The van der Waals surface area contributed by atoms with Crippen molar-refractivity contribution in [2.24, 2.45) is 0 Å². The number of hydrogen-bond donors (Lipinski definition) is 1. The van der Waals surface area contributed by atoms with Gasteiger partial charge in [-0.25, -0.2) is 9.78 Å². The Morgan fingerprint density at radius 1 is 1.32 bits per heavy atom. The van der Waals surface area contributed by atoms with Gasteiger partial charge in [0, 0.05) is 16.2 Å². The van der Waals surface area contributed by atoms with Crippen molar-refractivity contribution in [3.63, 3.8) is 0 Å². The summed E-state index contributed by atoms with van der Waals surface area (Å²) in [6.07, 6.45) is 1.73. The number of nitrogens with zero attached hydrogens (tertiary/aromatic N) is 2. The standard InChI is InChI=1S/C16H13BrN2O3/c1-9-7-13-18-14(10-3-5-11(22-2)6-4-10)15(16(20)21)19(13)8-12(9)17/h3-8H,1-2H3,(H,20,21). The fourth-order valence-electron chi connectivity index (χ4n) is 2.31. The van der Waals surface area contributed by atoms with E-state index in [4.69, 9.17) is 4.74 Å². The van der Waals surface area contributed by atoms with Crippen LogP contribution in [0.5, 0.6) is 5.75 Å². The molecule has 2 heterocycles. The van der Waals surface area contributed by atoms with Crippen LogP contribution in [0.4, 0.5) is 0 Å². The van der Waals surface area contributed by atoms with Crippen molar-refractivity contribution in [2.45, 2.75) is 6.92 Å². The summed E-state index contributed by atoms with van der Waals surface area (Å²) in [5.74, 6) is -0.308. The molecule has 0 atom stereocenters. The van der Waals surface area contributed by atoms with Crippen LogP contribution < -0.4 is 4.74 Å². The average molecular weight is 361 g/mol. The van der Waals surface area contributed by atoms with Crippen LogP contribution in [0.3, 0.4) is 0 Å². The summed E-state index contributed by atoms with van der Waals surface area (Å²) in [7, 11) is 1.59. The molecule has 5 nitrogen and oxygen atoms in total. The number of benzene rings is 1. The summed E-state index contributed by atoms with van der Waals surface area (Å²) in [6.45, 7) is 1.94. The molecule has 0 amide bonds. The third kappa shape index (κ3) is 2.35. The maximum Gasteiger partial charge on any atom is 0.355 e. The van der Waals surface area contributed by atoms with Gasteiger partial charge in [0.1, 0.15) is 17.1 Å². The molecule has 0 radical (unpaired) electrons. The number of halogens is 1. The van der Waals surface area contributed by atoms with Crippen LogP contribution in [0.2, 0.25) is 0 Å². The molecule has 0 aliphatic heterocycles. The number of ether oxygens (including phenoxy) is 1. The lowest BCUT2D eigenvalue weighted by molar-refractivity contribution is 0.0690. The highest BCUT2D eigenvalue weighted by Gasteiger charge is 2.20. The second-order valence-corrected chi connectivity index (χ2v) is 5.73. The molecule has 0 bridgehead atoms. The number of aryl methyl sites for hydroxylation is 1. The second-order valence-electron chi connectivity index (χ2n) is 4.88. The molecule has 3 aromatic rings. The fraction of sp³-hybridized carbons (Fsp3) is 0.125. The topological polar surface area (TPSA) is 63.8 Å². The molecule has 1 aromatic carbocycles. The largest absolute Gasteiger partial charge is 0.497 e. The van der Waals surface area contributed by atoms with Crippen molar-refractivity contribution in [2.75, 3.05) is 7.11 Å². The summed E-state index contributed by atoms with van der Waals surface area (Å²) in [6, 6.07) is 9.02. The van der Waals surface area contributed by atoms with Crippen molar-refractivity contribution in [3.05, 3.63) is 52.3 Å². The lowest BCUT2D eigenvalue weighted by Crippen LogP contribution is -2.04. The highest BCUT2D eigenvalue weighted by Crippen LogP contribution is 2.28. The first-order valence-corrected chi connectivity index (χ1v) is 7.36. The first kappa shape index (κ1) is 14.6. The van der Waals surface area contributed by atoms with E-state index >= 15 is 0 Å². The molecular formula is C16H13BrN2O3. The highest BCUT2D eigenvalue weighted by atomic mass is 79.9. The van der Waals surface area contributed by atoms with Crippen LogP contribution in [0.15, 0.2) is 41.0 Å². The number of aromatic nitrogens is 2. The molecular weight excluding hydrogens is 348 g/mol. The molecule has 6 heteroatoms. The number of imidazole rings is 1. The van der Waals surface area contributed by atoms with Gasteiger partial charge >= 0.3 is 5.97 Å². The smallest absolute Gasteiger partial charge is 0.355 e. The molecule has 0 aliphatic carbocycles. The lowest BCUT2D eigenvalue weighted by Gasteiger charge is -2.03. The van der Waals surface area contributed by atoms with Crippen LogP contribution in [-0.4, -0.2) is 27.6 Å². The normalized spacial score (nSPS) is 10.9. The molecule has 0 saturated carbocycles. The Hall–Kier alpha value is -2.34. The van der Waals surface area contributed by atoms with E-state index in [1.807, 2.05) is 13.0 Å². The predicted molar refractivity (Wildman–Crippen MR) is 86.6 cm³/mol. The van der Waals surface area contributed by atoms with Gasteiger partial charge in [-0.1, -0.05) is 0 Å². The summed E-state index contributed by atoms with van der Waals surface area (Å²) in [4.78, 5) is 16.2. The quantitative estimate of drug-likeness (QED) is 0.771. The van der Waals surface area contributed by atoms with Crippen LogP contribution in [-0.2, 0) is 0 Å². The van der Waals surface area contributed by atoms with E-state index in [1.165, 1.54) is 0 Å². The number of carboxylic acid groups (broad SMARTS) is 1. The van der Waals surface area contributed by atoms with E-state index in [0.29, 0.717) is 17.1 Å². The van der Waals surface area contributed by atoms with Crippen molar-refractivity contribution >= 4 is 27.5 Å². The maximum atomic E-state index is 11.7. The number of carbonyl (C=O) groups is 1. The van der Waals surface area contributed by atoms with Gasteiger partial charge < -0.3 is 9.84 Å². The van der Waals surface area contributed by atoms with Crippen molar-refractivity contribution < 1.29 is 14.6 Å². The van der Waals surface area contributed by atoms with Crippen LogP contribution in [0, 0.1) is 6.92 Å². The molecule has 0 saturated heterocycles. The maximum absolute atomic E-state index is 11.7. The third-order valence-electron chi connectivity index (χ3n) is 3.47. The summed E-state index contributed by atoms with van der Waals surface area (Å²) < 4.78 is 7.54. The average Bonchev–Trinajstić information content (AvgIpc) is 2.86. The Morgan fingerprint density at radius 3 is 2.59 bits per heavy atom. The van der Waals surface area contributed by atoms with Crippen LogP contribution >= 0.6 is 15.9 Å². The number of pyridine rings is 1. The Bertz CT molecular complexity index is 869. The van der Waals surface area contributed by atoms with Gasteiger partial charge in [0.2, 0.25) is 0 Å². The summed E-state index contributed by atoms with van der Waals surface area (Å²) in [5, 5.41) is 9.57. The Labute approximate surface area is 135 Å². The van der Waals surface area contributed by atoms with Crippen molar-refractivity contribution in [1.29, 1.82) is 0 Å². The van der Waals surface area contributed by atoms with E-state index in [2.05, 4.69) is 20.9 Å². The monoisotopic (exact) mass is 360 g/mol. The van der Waals surface area contributed by atoms with Gasteiger partial charge in [0.05, 0.1) is 7.11 Å². The Balaban J connectivity index is 2.27. The molecule has 112 valence electrons. The van der Waals surface area contributed by atoms with Crippen LogP contribution in [0.25, 0.3) is 16.9 Å². The fourth-order valence-corrected chi connectivity index (χ4v) is 2.63. The highest BCUT2D eigenvalue weighted by molar-refractivity contribution is 9.10. The number of rotatable bonds is 3. The lowest BCUT2D eigenvalue weighted by atomic mass is 10.1. The van der Waals surface area contributed by atoms with Gasteiger partial charge in [-0.2, -0.15) is 0 Å². The third-order valence-corrected chi connectivity index (χ3v) is 4.30. The summed E-state index contributed by atoms with van der Waals surface area (Å²) in [5.41, 5.74) is 2.91. The molecule has 0 spiro atoms. The van der Waals surface area contributed by atoms with Gasteiger partial charge in [-0.05, 0) is 58.7 Å². The molecule has 1 N–H and O–H groups in total. The van der Waals surface area contributed by atoms with E-state index in [-0.39, 0.29) is 5.69 Å². The molecule has 0 aliphatic rings. The van der Waals surface area contributed by atoms with E-state index in [0.717, 1.165) is 15.6 Å². The minimum Gasteiger partial charge on any atom is -0.497 e. The number of methoxy groups -OCH3 is 1.